The molecule has 1 aromatic carbocycles. The molecule has 4 heteroatoms. The number of urea groups is 1. The van der Waals surface area contributed by atoms with Crippen molar-refractivity contribution in [3.05, 3.63) is 29.8 Å². The number of hydrogen-bond donors (Lipinski definition) is 2. The maximum Gasteiger partial charge on any atom is 0.321 e. The molecule has 0 saturated carbocycles. The van der Waals surface area contributed by atoms with Gasteiger partial charge in [-0.1, -0.05) is 32.9 Å². The Morgan fingerprint density at radius 3 is 2.81 bits per heavy atom. The number of nitrogens with zero attached hydrogens (tertiary/aromatic N) is 1. The van der Waals surface area contributed by atoms with Gasteiger partial charge in [-0.25, -0.2) is 4.79 Å². The van der Waals surface area contributed by atoms with E-state index >= 15 is 0 Å². The maximum absolute atomic E-state index is 12.3. The summed E-state index contributed by atoms with van der Waals surface area (Å²) in [6, 6.07) is 8.37. The summed E-state index contributed by atoms with van der Waals surface area (Å²) < 4.78 is 0. The van der Waals surface area contributed by atoms with Gasteiger partial charge in [-0.05, 0) is 43.0 Å². The van der Waals surface area contributed by atoms with Crippen molar-refractivity contribution >= 4 is 11.7 Å². The van der Waals surface area contributed by atoms with Crippen molar-refractivity contribution in [2.75, 3.05) is 25.0 Å². The zero-order valence-electron chi connectivity index (χ0n) is 13.6. The molecule has 1 aliphatic rings. The summed E-state index contributed by atoms with van der Waals surface area (Å²) in [5.74, 6) is 0. The normalized spacial score (nSPS) is 18.6. The number of nitrogens with one attached hydrogen (secondary N) is 2. The first-order valence-electron chi connectivity index (χ1n) is 7.80. The Bertz CT molecular complexity index is 499. The lowest BCUT2D eigenvalue weighted by Gasteiger charge is -2.21. The van der Waals surface area contributed by atoms with Crippen LogP contribution < -0.4 is 10.6 Å². The molecule has 1 unspecified atom stereocenters. The van der Waals surface area contributed by atoms with Crippen molar-refractivity contribution in [2.45, 2.75) is 40.2 Å². The Labute approximate surface area is 127 Å². The number of likely N-dealkylation sites (tertiary alicyclic amines) is 1. The highest BCUT2D eigenvalue weighted by molar-refractivity contribution is 5.89. The Hall–Kier alpha value is -1.55. The van der Waals surface area contributed by atoms with Crippen LogP contribution in [0.4, 0.5) is 10.5 Å². The molecule has 0 aliphatic carbocycles. The van der Waals surface area contributed by atoms with Crippen molar-refractivity contribution in [1.82, 2.24) is 10.2 Å². The topological polar surface area (TPSA) is 44.4 Å². The van der Waals surface area contributed by atoms with E-state index in [2.05, 4.69) is 44.4 Å². The average molecular weight is 289 g/mol. The molecule has 1 aromatic rings. The molecule has 4 nitrogen and oxygen atoms in total. The van der Waals surface area contributed by atoms with E-state index in [9.17, 15) is 4.79 Å². The molecule has 0 radical (unpaired) electrons. The molecule has 1 fully saturated rings. The van der Waals surface area contributed by atoms with Gasteiger partial charge in [0.05, 0.1) is 0 Å². The summed E-state index contributed by atoms with van der Waals surface area (Å²) in [5, 5.41) is 6.40. The molecule has 0 bridgehead atoms. The van der Waals surface area contributed by atoms with E-state index in [1.165, 1.54) is 5.56 Å². The number of rotatable bonds is 4. The van der Waals surface area contributed by atoms with Crippen LogP contribution in [0, 0.1) is 5.41 Å². The molecule has 2 N–H and O–H groups in total. The van der Waals surface area contributed by atoms with Crippen LogP contribution in [0.15, 0.2) is 24.3 Å². The molecule has 2 amide bonds. The van der Waals surface area contributed by atoms with Gasteiger partial charge in [0, 0.05) is 24.8 Å². The van der Waals surface area contributed by atoms with E-state index in [4.69, 9.17) is 0 Å². The lowest BCUT2D eigenvalue weighted by atomic mass is 9.93. The SMILES string of the molecule is CCNC(C)c1cccc(NC(=O)N2CCC(C)(C)C2)c1. The fraction of sp³-hybridized carbons (Fsp3) is 0.588. The number of carbonyl (C=O) groups is 1. The van der Waals surface area contributed by atoms with Gasteiger partial charge in [-0.15, -0.1) is 0 Å². The third-order valence-electron chi connectivity index (χ3n) is 4.11. The number of amides is 2. The van der Waals surface area contributed by atoms with Crippen molar-refractivity contribution in [3.63, 3.8) is 0 Å². The molecule has 1 saturated heterocycles. The van der Waals surface area contributed by atoms with E-state index in [1.54, 1.807) is 0 Å². The van der Waals surface area contributed by atoms with Crippen LogP contribution in [0.3, 0.4) is 0 Å². The lowest BCUT2D eigenvalue weighted by molar-refractivity contribution is 0.217. The summed E-state index contributed by atoms with van der Waals surface area (Å²) in [7, 11) is 0. The van der Waals surface area contributed by atoms with Gasteiger partial charge < -0.3 is 15.5 Å². The molecule has 0 spiro atoms. The second kappa shape index (κ2) is 6.48. The molecule has 1 atom stereocenters. The zero-order valence-corrected chi connectivity index (χ0v) is 13.6. The van der Waals surface area contributed by atoms with E-state index < -0.39 is 0 Å². The monoisotopic (exact) mass is 289 g/mol. The van der Waals surface area contributed by atoms with Gasteiger partial charge in [-0.2, -0.15) is 0 Å². The van der Waals surface area contributed by atoms with Crippen molar-refractivity contribution in [1.29, 1.82) is 0 Å². The highest BCUT2D eigenvalue weighted by Crippen LogP contribution is 2.29. The van der Waals surface area contributed by atoms with Gasteiger partial charge in [0.15, 0.2) is 0 Å². The number of hydrogen-bond acceptors (Lipinski definition) is 2. The van der Waals surface area contributed by atoms with Gasteiger partial charge in [-0.3, -0.25) is 0 Å². The third-order valence-corrected chi connectivity index (χ3v) is 4.11. The lowest BCUT2D eigenvalue weighted by Crippen LogP contribution is -2.34. The first-order valence-corrected chi connectivity index (χ1v) is 7.80. The first kappa shape index (κ1) is 15.8. The van der Waals surface area contributed by atoms with Crippen LogP contribution in [-0.2, 0) is 0 Å². The zero-order chi connectivity index (χ0) is 15.5. The van der Waals surface area contributed by atoms with Crippen LogP contribution in [-0.4, -0.2) is 30.6 Å². The molecule has 1 aliphatic heterocycles. The third kappa shape index (κ3) is 4.21. The number of carbonyl (C=O) groups excluding carboxylic acids is 1. The molecular formula is C17H27N3O. The minimum atomic E-state index is 0.00817. The molecule has 0 aromatic heterocycles. The fourth-order valence-corrected chi connectivity index (χ4v) is 2.80. The molecule has 2 rings (SSSR count). The van der Waals surface area contributed by atoms with E-state index in [1.807, 2.05) is 23.1 Å². The van der Waals surface area contributed by atoms with Crippen molar-refractivity contribution in [2.24, 2.45) is 5.41 Å². The maximum atomic E-state index is 12.3. The van der Waals surface area contributed by atoms with Crippen LogP contribution >= 0.6 is 0 Å². The van der Waals surface area contributed by atoms with Crippen LogP contribution in [0.5, 0.6) is 0 Å². The standard InChI is InChI=1S/C17H27N3O/c1-5-18-13(2)14-7-6-8-15(11-14)19-16(21)20-10-9-17(3,4)12-20/h6-8,11,13,18H,5,9-10,12H2,1-4H3,(H,19,21). The fourth-order valence-electron chi connectivity index (χ4n) is 2.80. The predicted octanol–water partition coefficient (Wildman–Crippen LogP) is 3.62. The van der Waals surface area contributed by atoms with Crippen molar-refractivity contribution in [3.8, 4) is 0 Å². The number of benzene rings is 1. The highest BCUT2D eigenvalue weighted by atomic mass is 16.2. The largest absolute Gasteiger partial charge is 0.324 e. The van der Waals surface area contributed by atoms with Crippen LogP contribution in [0.1, 0.15) is 45.7 Å². The quantitative estimate of drug-likeness (QED) is 0.889. The summed E-state index contributed by atoms with van der Waals surface area (Å²) in [6.45, 7) is 11.2. The van der Waals surface area contributed by atoms with E-state index in [-0.39, 0.29) is 17.5 Å². The summed E-state index contributed by atoms with van der Waals surface area (Å²) in [5.41, 5.74) is 2.29. The second-order valence-corrected chi connectivity index (χ2v) is 6.67. The van der Waals surface area contributed by atoms with E-state index in [0.29, 0.717) is 0 Å². The molecule has 21 heavy (non-hydrogen) atoms. The van der Waals surface area contributed by atoms with Gasteiger partial charge in [0.1, 0.15) is 0 Å². The second-order valence-electron chi connectivity index (χ2n) is 6.67. The number of anilines is 1. The molecule has 116 valence electrons. The van der Waals surface area contributed by atoms with Gasteiger partial charge >= 0.3 is 6.03 Å². The van der Waals surface area contributed by atoms with Crippen molar-refractivity contribution < 1.29 is 4.79 Å². The Kier molecular flexibility index (Phi) is 4.88. The Balaban J connectivity index is 2.00. The Morgan fingerprint density at radius 2 is 2.19 bits per heavy atom. The predicted molar refractivity (Wildman–Crippen MR) is 87.5 cm³/mol. The summed E-state index contributed by atoms with van der Waals surface area (Å²) in [4.78, 5) is 14.2. The average Bonchev–Trinajstić information content (AvgIpc) is 2.80. The van der Waals surface area contributed by atoms with Gasteiger partial charge in [0.2, 0.25) is 0 Å². The van der Waals surface area contributed by atoms with Crippen LogP contribution in [0.25, 0.3) is 0 Å². The Morgan fingerprint density at radius 1 is 1.43 bits per heavy atom. The van der Waals surface area contributed by atoms with E-state index in [0.717, 1.165) is 31.7 Å². The minimum absolute atomic E-state index is 0.00817. The van der Waals surface area contributed by atoms with Gasteiger partial charge in [0.25, 0.3) is 0 Å². The molecule has 1 heterocycles. The highest BCUT2D eigenvalue weighted by Gasteiger charge is 2.31. The van der Waals surface area contributed by atoms with Crippen LogP contribution in [0.2, 0.25) is 0 Å². The first-order chi connectivity index (χ1) is 9.91. The minimum Gasteiger partial charge on any atom is -0.324 e. The smallest absolute Gasteiger partial charge is 0.321 e. The summed E-state index contributed by atoms with van der Waals surface area (Å²) in [6.07, 6.45) is 1.07. The summed E-state index contributed by atoms with van der Waals surface area (Å²) >= 11 is 0. The molecular weight excluding hydrogens is 262 g/mol.